The van der Waals surface area contributed by atoms with Gasteiger partial charge in [-0.05, 0) is 53.4 Å². The van der Waals surface area contributed by atoms with Crippen molar-refractivity contribution in [2.24, 2.45) is 10.8 Å². The maximum absolute atomic E-state index is 11.6. The highest BCUT2D eigenvalue weighted by Crippen LogP contribution is 2.24. The van der Waals surface area contributed by atoms with E-state index in [9.17, 15) is 4.57 Å². The van der Waals surface area contributed by atoms with Crippen molar-refractivity contribution in [2.45, 2.75) is 53.4 Å². The molecule has 0 unspecified atom stereocenters. The maximum Gasteiger partial charge on any atom is 0.319 e. The fraction of sp³-hybridized carbons (Fsp3) is 0.600. The molecule has 0 heterocycles. The molecule has 0 N–H and O–H groups in total. The fourth-order valence-electron chi connectivity index (χ4n) is 1.61. The summed E-state index contributed by atoms with van der Waals surface area (Å²) in [6, 6.07) is 0. The topological polar surface area (TPSA) is 35.5 Å². The van der Waals surface area contributed by atoms with Crippen LogP contribution in [0.2, 0.25) is 0 Å². The molecule has 0 aromatic carbocycles. The summed E-state index contributed by atoms with van der Waals surface area (Å²) in [6.07, 6.45) is 22.1. The molecule has 24 heavy (non-hydrogen) atoms. The smallest absolute Gasteiger partial charge is 0.311 e. The van der Waals surface area contributed by atoms with Crippen molar-refractivity contribution < 1.29 is 13.6 Å². The fourth-order valence-corrected chi connectivity index (χ4v) is 2.31. The largest absolute Gasteiger partial charge is 0.319 e. The van der Waals surface area contributed by atoms with Crippen LogP contribution >= 0.6 is 8.25 Å². The first kappa shape index (κ1) is 22.8. The molecule has 0 aliphatic carbocycles. The van der Waals surface area contributed by atoms with Crippen molar-refractivity contribution in [3.63, 3.8) is 0 Å². The molecule has 0 radical (unpaired) electrons. The minimum absolute atomic E-state index is 0.221. The number of rotatable bonds is 12. The lowest BCUT2D eigenvalue weighted by molar-refractivity contribution is 0.222. The molecule has 0 aliphatic heterocycles. The number of hydrogen-bond donors (Lipinski definition) is 0. The number of allylic oxidation sites excluding steroid dienone is 4. The van der Waals surface area contributed by atoms with Gasteiger partial charge < -0.3 is 9.05 Å². The van der Waals surface area contributed by atoms with Crippen molar-refractivity contribution >= 4 is 8.25 Å². The second kappa shape index (κ2) is 12.2. The van der Waals surface area contributed by atoms with E-state index in [2.05, 4.69) is 11.8 Å². The molecule has 0 aromatic heterocycles. The van der Waals surface area contributed by atoms with E-state index in [0.717, 1.165) is 25.7 Å². The van der Waals surface area contributed by atoms with E-state index in [-0.39, 0.29) is 10.8 Å². The third-order valence-electron chi connectivity index (χ3n) is 3.28. The molecule has 0 amide bonds. The average molecular weight is 350 g/mol. The van der Waals surface area contributed by atoms with Gasteiger partial charge >= 0.3 is 8.25 Å². The summed E-state index contributed by atoms with van der Waals surface area (Å²) in [4.78, 5) is 0. The predicted molar refractivity (Wildman–Crippen MR) is 103 cm³/mol. The van der Waals surface area contributed by atoms with Gasteiger partial charge in [0.25, 0.3) is 0 Å². The Morgan fingerprint density at radius 2 is 1.25 bits per heavy atom. The lowest BCUT2D eigenvalue weighted by Crippen LogP contribution is -2.02. The first-order valence-corrected chi connectivity index (χ1v) is 9.55. The van der Waals surface area contributed by atoms with Crippen LogP contribution in [0.1, 0.15) is 53.4 Å². The van der Waals surface area contributed by atoms with Crippen LogP contribution in [0.15, 0.2) is 24.3 Å². The van der Waals surface area contributed by atoms with Gasteiger partial charge in [-0.15, -0.1) is 12.8 Å². The standard InChI is InChI=1S/C20H31O3P/c1-7-19(3,4)15-11-9-13-17-22-24(21)23-18-14-10-12-16-20(5,6)8-2/h1-2,11-12,15-16,24H,9-10,13-14,17-18H2,3-6H3. The SMILES string of the molecule is C#CC(C)(C)C=CCCCO[PH](=O)OCCCC=CC(C)(C)C#C. The first-order valence-electron chi connectivity index (χ1n) is 8.33. The molecule has 134 valence electrons. The highest BCUT2D eigenvalue weighted by molar-refractivity contribution is 7.33. The second-order valence-electron chi connectivity index (χ2n) is 6.77. The zero-order valence-electron chi connectivity index (χ0n) is 15.4. The predicted octanol–water partition coefficient (Wildman–Crippen LogP) is 5.40. The van der Waals surface area contributed by atoms with E-state index in [0.29, 0.717) is 13.2 Å². The number of hydrogen-bond acceptors (Lipinski definition) is 3. The van der Waals surface area contributed by atoms with Crippen LogP contribution in [0.5, 0.6) is 0 Å². The molecule has 0 bridgehead atoms. The first-order chi connectivity index (χ1) is 11.2. The van der Waals surface area contributed by atoms with E-state index in [1.54, 1.807) is 0 Å². The molecule has 0 saturated heterocycles. The van der Waals surface area contributed by atoms with Crippen molar-refractivity contribution in [3.8, 4) is 24.7 Å². The van der Waals surface area contributed by atoms with Gasteiger partial charge in [-0.25, -0.2) is 0 Å². The zero-order valence-corrected chi connectivity index (χ0v) is 16.4. The van der Waals surface area contributed by atoms with Gasteiger partial charge in [-0.1, -0.05) is 36.1 Å². The highest BCUT2D eigenvalue weighted by Gasteiger charge is 2.08. The van der Waals surface area contributed by atoms with Gasteiger partial charge in [0.05, 0.1) is 13.2 Å². The molecule has 4 heteroatoms. The summed E-state index contributed by atoms with van der Waals surface area (Å²) in [7, 11) is -2.39. The Kier molecular flexibility index (Phi) is 11.5. The summed E-state index contributed by atoms with van der Waals surface area (Å²) in [5, 5.41) is 0. The van der Waals surface area contributed by atoms with Crippen molar-refractivity contribution in [3.05, 3.63) is 24.3 Å². The van der Waals surface area contributed by atoms with Gasteiger partial charge in [0.1, 0.15) is 0 Å². The van der Waals surface area contributed by atoms with Crippen LogP contribution < -0.4 is 0 Å². The normalized spacial score (nSPS) is 13.9. The number of unbranched alkanes of at least 4 members (excludes halogenated alkanes) is 2. The third kappa shape index (κ3) is 13.2. The lowest BCUT2D eigenvalue weighted by atomic mass is 9.94. The summed E-state index contributed by atoms with van der Waals surface area (Å²) in [5.74, 6) is 5.40. The Balaban J connectivity index is 3.65. The Morgan fingerprint density at radius 1 is 0.875 bits per heavy atom. The summed E-state index contributed by atoms with van der Waals surface area (Å²) in [6.45, 7) is 8.78. The van der Waals surface area contributed by atoms with Gasteiger partial charge in [-0.3, -0.25) is 4.57 Å². The molecular weight excluding hydrogens is 319 g/mol. The van der Waals surface area contributed by atoms with Crippen molar-refractivity contribution in [1.82, 2.24) is 0 Å². The number of terminal acetylenes is 2. The zero-order chi connectivity index (χ0) is 18.5. The monoisotopic (exact) mass is 350 g/mol. The van der Waals surface area contributed by atoms with Crippen molar-refractivity contribution in [1.29, 1.82) is 0 Å². The maximum atomic E-state index is 11.6. The average Bonchev–Trinajstić information content (AvgIpc) is 2.54. The molecule has 3 nitrogen and oxygen atoms in total. The minimum atomic E-state index is -2.39. The molecule has 0 spiro atoms. The van der Waals surface area contributed by atoms with E-state index in [1.165, 1.54) is 0 Å². The molecule has 0 atom stereocenters. The van der Waals surface area contributed by atoms with E-state index in [1.807, 2.05) is 52.0 Å². The Hall–Kier alpha value is -1.25. The molecule has 0 saturated carbocycles. The van der Waals surface area contributed by atoms with Crippen LogP contribution in [0.25, 0.3) is 0 Å². The van der Waals surface area contributed by atoms with Gasteiger partial charge in [0, 0.05) is 10.8 Å². The molecule has 0 aromatic rings. The Labute approximate surface area is 148 Å². The highest BCUT2D eigenvalue weighted by atomic mass is 31.1. The second-order valence-corrected chi connectivity index (χ2v) is 7.85. The van der Waals surface area contributed by atoms with E-state index >= 15 is 0 Å². The van der Waals surface area contributed by atoms with Crippen LogP contribution in [0, 0.1) is 35.5 Å². The van der Waals surface area contributed by atoms with E-state index < -0.39 is 8.25 Å². The van der Waals surface area contributed by atoms with Gasteiger partial charge in [-0.2, -0.15) is 0 Å². The van der Waals surface area contributed by atoms with Crippen LogP contribution in [0.4, 0.5) is 0 Å². The van der Waals surface area contributed by atoms with Crippen LogP contribution in [-0.2, 0) is 13.6 Å². The van der Waals surface area contributed by atoms with Gasteiger partial charge in [0.2, 0.25) is 0 Å². The third-order valence-corrected chi connectivity index (χ3v) is 4.16. The summed E-state index contributed by atoms with van der Waals surface area (Å²) < 4.78 is 21.9. The summed E-state index contributed by atoms with van der Waals surface area (Å²) >= 11 is 0. The molecule has 0 aliphatic rings. The Morgan fingerprint density at radius 3 is 1.58 bits per heavy atom. The quantitative estimate of drug-likeness (QED) is 0.205. The molecule has 0 rings (SSSR count). The molecule has 0 fully saturated rings. The lowest BCUT2D eigenvalue weighted by Gasteiger charge is -2.10. The van der Waals surface area contributed by atoms with Crippen molar-refractivity contribution in [2.75, 3.05) is 13.2 Å². The molecular formula is C20H31O3P. The van der Waals surface area contributed by atoms with E-state index in [4.69, 9.17) is 21.9 Å². The minimum Gasteiger partial charge on any atom is -0.311 e. The van der Waals surface area contributed by atoms with Crippen LogP contribution in [-0.4, -0.2) is 13.2 Å². The Bertz CT molecular complexity index is 470. The van der Waals surface area contributed by atoms with Crippen LogP contribution in [0.3, 0.4) is 0 Å². The summed E-state index contributed by atoms with van der Waals surface area (Å²) in [5.41, 5.74) is -0.442. The van der Waals surface area contributed by atoms with Gasteiger partial charge in [0.15, 0.2) is 0 Å².